The largest absolute Gasteiger partial charge is 0.490 e. The maximum absolute atomic E-state index is 13.3. The van der Waals surface area contributed by atoms with Crippen molar-refractivity contribution in [3.05, 3.63) is 30.1 Å². The standard InChI is InChI=1S/C19H29FO/c1-3-5-7-15-10-12-16(13-11-15)19(4-2)21-18-9-6-8-17(20)14-18/h6,8-9,14-16,19H,3-5,7,10-13H2,1-2H3/t15-,16-,19?. The average molecular weight is 292 g/mol. The molecule has 1 atom stereocenters. The molecule has 1 aromatic carbocycles. The van der Waals surface area contributed by atoms with Gasteiger partial charge in [-0.3, -0.25) is 0 Å². The number of ether oxygens (including phenoxy) is 1. The Bertz CT molecular complexity index is 410. The van der Waals surface area contributed by atoms with Gasteiger partial charge in [0, 0.05) is 6.07 Å². The quantitative estimate of drug-likeness (QED) is 0.600. The summed E-state index contributed by atoms with van der Waals surface area (Å²) in [4.78, 5) is 0. The molecule has 118 valence electrons. The molecule has 0 radical (unpaired) electrons. The van der Waals surface area contributed by atoms with E-state index in [2.05, 4.69) is 13.8 Å². The predicted octanol–water partition coefficient (Wildman–Crippen LogP) is 5.98. The Morgan fingerprint density at radius 3 is 2.57 bits per heavy atom. The molecule has 2 heteroatoms. The molecule has 0 amide bonds. The highest BCUT2D eigenvalue weighted by molar-refractivity contribution is 5.22. The van der Waals surface area contributed by atoms with Gasteiger partial charge < -0.3 is 4.74 Å². The normalized spacial score (nSPS) is 23.8. The van der Waals surface area contributed by atoms with Crippen LogP contribution in [0.15, 0.2) is 24.3 Å². The van der Waals surface area contributed by atoms with Crippen LogP contribution < -0.4 is 4.74 Å². The van der Waals surface area contributed by atoms with Crippen LogP contribution in [0.3, 0.4) is 0 Å². The average Bonchev–Trinajstić information content (AvgIpc) is 2.51. The molecule has 0 aromatic heterocycles. The first-order valence-corrected chi connectivity index (χ1v) is 8.65. The van der Waals surface area contributed by atoms with Crippen LogP contribution in [0, 0.1) is 17.7 Å². The lowest BCUT2D eigenvalue weighted by Gasteiger charge is -2.33. The van der Waals surface area contributed by atoms with Crippen LogP contribution in [-0.2, 0) is 0 Å². The van der Waals surface area contributed by atoms with E-state index in [0.717, 1.165) is 12.3 Å². The molecule has 0 heterocycles. The van der Waals surface area contributed by atoms with Crippen molar-refractivity contribution in [3.8, 4) is 5.75 Å². The topological polar surface area (TPSA) is 9.23 Å². The number of hydrogen-bond donors (Lipinski definition) is 0. The summed E-state index contributed by atoms with van der Waals surface area (Å²) in [6.07, 6.45) is 10.5. The zero-order chi connectivity index (χ0) is 15.1. The fraction of sp³-hybridized carbons (Fsp3) is 0.684. The Morgan fingerprint density at radius 2 is 1.95 bits per heavy atom. The molecule has 21 heavy (non-hydrogen) atoms. The lowest BCUT2D eigenvalue weighted by Crippen LogP contribution is -2.30. The molecule has 1 aliphatic rings. The van der Waals surface area contributed by atoms with Crippen LogP contribution in [0.1, 0.15) is 65.2 Å². The fourth-order valence-corrected chi connectivity index (χ4v) is 3.57. The Labute approximate surface area is 128 Å². The first kappa shape index (κ1) is 16.3. The molecule has 0 spiro atoms. The summed E-state index contributed by atoms with van der Waals surface area (Å²) in [6.45, 7) is 4.44. The van der Waals surface area contributed by atoms with E-state index >= 15 is 0 Å². The van der Waals surface area contributed by atoms with Gasteiger partial charge in [0.15, 0.2) is 0 Å². The molecule has 0 aliphatic heterocycles. The number of hydrogen-bond acceptors (Lipinski definition) is 1. The minimum atomic E-state index is -0.217. The van der Waals surface area contributed by atoms with Gasteiger partial charge in [-0.1, -0.05) is 52.0 Å². The van der Waals surface area contributed by atoms with Gasteiger partial charge in [-0.2, -0.15) is 0 Å². The highest BCUT2D eigenvalue weighted by Gasteiger charge is 2.27. The van der Waals surface area contributed by atoms with Crippen molar-refractivity contribution in [1.29, 1.82) is 0 Å². The first-order chi connectivity index (χ1) is 10.2. The van der Waals surface area contributed by atoms with Gasteiger partial charge in [0.1, 0.15) is 17.7 Å². The van der Waals surface area contributed by atoms with Crippen molar-refractivity contribution >= 4 is 0 Å². The van der Waals surface area contributed by atoms with Crippen LogP contribution in [0.5, 0.6) is 5.75 Å². The molecule has 1 nitrogen and oxygen atoms in total. The predicted molar refractivity (Wildman–Crippen MR) is 86.1 cm³/mol. The van der Waals surface area contributed by atoms with E-state index in [4.69, 9.17) is 4.74 Å². The maximum Gasteiger partial charge on any atom is 0.126 e. The Kier molecular flexibility index (Phi) is 6.53. The van der Waals surface area contributed by atoms with E-state index < -0.39 is 0 Å². The lowest BCUT2D eigenvalue weighted by atomic mass is 9.77. The second-order valence-electron chi connectivity index (χ2n) is 6.44. The molecule has 1 aromatic rings. The number of halogens is 1. The molecule has 0 bridgehead atoms. The van der Waals surface area contributed by atoms with E-state index in [1.807, 2.05) is 6.07 Å². The molecule has 1 aliphatic carbocycles. The lowest BCUT2D eigenvalue weighted by molar-refractivity contribution is 0.0893. The van der Waals surface area contributed by atoms with E-state index in [-0.39, 0.29) is 11.9 Å². The minimum absolute atomic E-state index is 0.217. The summed E-state index contributed by atoms with van der Waals surface area (Å²) >= 11 is 0. The summed E-state index contributed by atoms with van der Waals surface area (Å²) in [6, 6.07) is 6.54. The molecule has 1 saturated carbocycles. The van der Waals surface area contributed by atoms with E-state index in [1.54, 1.807) is 6.07 Å². The van der Waals surface area contributed by atoms with Gasteiger partial charge in [0.05, 0.1) is 0 Å². The molecule has 0 saturated heterocycles. The highest BCUT2D eigenvalue weighted by atomic mass is 19.1. The van der Waals surface area contributed by atoms with Gasteiger partial charge in [-0.15, -0.1) is 0 Å². The van der Waals surface area contributed by atoms with Crippen molar-refractivity contribution in [3.63, 3.8) is 0 Å². The van der Waals surface area contributed by atoms with Crippen molar-refractivity contribution < 1.29 is 9.13 Å². The van der Waals surface area contributed by atoms with Crippen molar-refractivity contribution in [2.75, 3.05) is 0 Å². The Hall–Kier alpha value is -1.05. The van der Waals surface area contributed by atoms with Crippen LogP contribution in [0.25, 0.3) is 0 Å². The fourth-order valence-electron chi connectivity index (χ4n) is 3.57. The molecular weight excluding hydrogens is 263 g/mol. The second kappa shape index (κ2) is 8.41. The van der Waals surface area contributed by atoms with Gasteiger partial charge in [0.25, 0.3) is 0 Å². The van der Waals surface area contributed by atoms with Crippen LogP contribution in [0.2, 0.25) is 0 Å². The molecule has 1 unspecified atom stereocenters. The second-order valence-corrected chi connectivity index (χ2v) is 6.44. The van der Waals surface area contributed by atoms with Crippen LogP contribution in [0.4, 0.5) is 4.39 Å². The van der Waals surface area contributed by atoms with Crippen molar-refractivity contribution in [1.82, 2.24) is 0 Å². The molecule has 2 rings (SSSR count). The van der Waals surface area contributed by atoms with Gasteiger partial charge in [-0.25, -0.2) is 4.39 Å². The highest BCUT2D eigenvalue weighted by Crippen LogP contribution is 2.35. The van der Waals surface area contributed by atoms with E-state index in [9.17, 15) is 4.39 Å². The number of unbranched alkanes of at least 4 members (excludes halogenated alkanes) is 1. The number of rotatable bonds is 7. The summed E-state index contributed by atoms with van der Waals surface area (Å²) in [5.74, 6) is 2.02. The number of benzene rings is 1. The molecule has 0 N–H and O–H groups in total. The SMILES string of the molecule is CCCC[C@H]1CC[C@H](C(CC)Oc2cccc(F)c2)CC1. The van der Waals surface area contributed by atoms with Crippen molar-refractivity contribution in [2.45, 2.75) is 71.3 Å². The first-order valence-electron chi connectivity index (χ1n) is 8.65. The van der Waals surface area contributed by atoms with Crippen molar-refractivity contribution in [2.24, 2.45) is 11.8 Å². The summed E-state index contributed by atoms with van der Waals surface area (Å²) in [5, 5.41) is 0. The zero-order valence-electron chi connectivity index (χ0n) is 13.5. The Balaban J connectivity index is 1.85. The van der Waals surface area contributed by atoms with Crippen LogP contribution in [-0.4, -0.2) is 6.10 Å². The van der Waals surface area contributed by atoms with Gasteiger partial charge >= 0.3 is 0 Å². The van der Waals surface area contributed by atoms with Gasteiger partial charge in [-0.05, 0) is 43.2 Å². The maximum atomic E-state index is 13.3. The molecule has 1 fully saturated rings. The van der Waals surface area contributed by atoms with Crippen LogP contribution >= 0.6 is 0 Å². The van der Waals surface area contributed by atoms with Gasteiger partial charge in [0.2, 0.25) is 0 Å². The summed E-state index contributed by atoms with van der Waals surface area (Å²) in [5.41, 5.74) is 0. The smallest absolute Gasteiger partial charge is 0.126 e. The summed E-state index contributed by atoms with van der Waals surface area (Å²) in [7, 11) is 0. The Morgan fingerprint density at radius 1 is 1.19 bits per heavy atom. The third-order valence-electron chi connectivity index (χ3n) is 4.87. The van der Waals surface area contributed by atoms with E-state index in [0.29, 0.717) is 11.7 Å². The monoisotopic (exact) mass is 292 g/mol. The molecular formula is C19H29FO. The third kappa shape index (κ3) is 5.01. The third-order valence-corrected chi connectivity index (χ3v) is 4.87. The minimum Gasteiger partial charge on any atom is -0.490 e. The summed E-state index contributed by atoms with van der Waals surface area (Å²) < 4.78 is 19.3. The zero-order valence-corrected chi connectivity index (χ0v) is 13.5. The van der Waals surface area contributed by atoms with E-state index in [1.165, 1.54) is 57.1 Å².